The third-order valence-electron chi connectivity index (χ3n) is 4.50. The highest BCUT2D eigenvalue weighted by Crippen LogP contribution is 2.38. The van der Waals surface area contributed by atoms with Crippen molar-refractivity contribution in [1.29, 1.82) is 0 Å². The van der Waals surface area contributed by atoms with Crippen molar-refractivity contribution in [3.05, 3.63) is 77.4 Å². The van der Waals surface area contributed by atoms with Gasteiger partial charge >= 0.3 is 0 Å². The zero-order valence-corrected chi connectivity index (χ0v) is 15.3. The number of amidine groups is 1. The summed E-state index contributed by atoms with van der Waals surface area (Å²) in [6.45, 7) is 2.02. The van der Waals surface area contributed by atoms with Gasteiger partial charge in [0.25, 0.3) is 0 Å². The summed E-state index contributed by atoms with van der Waals surface area (Å²) in [5.74, 6) is -1.34. The van der Waals surface area contributed by atoms with Gasteiger partial charge in [-0.2, -0.15) is 0 Å². The van der Waals surface area contributed by atoms with Crippen LogP contribution in [-0.4, -0.2) is 16.1 Å². The van der Waals surface area contributed by atoms with E-state index in [1.807, 2.05) is 13.0 Å². The van der Waals surface area contributed by atoms with Crippen molar-refractivity contribution in [3.63, 3.8) is 0 Å². The Morgan fingerprint density at radius 2 is 1.71 bits per heavy atom. The molecule has 0 aliphatic heterocycles. The number of benzene rings is 3. The standard InChI is InChI=1S/C22H20F2N2O2/c1-2-3-13-10-17(14-4-7-16(27)8-5-14)21(19(11-13)22(25)26-28)18-12-15(23)6-9-20(18)24/h4-12,27-28H,2-3H2,1H3,(H2,25,26). The van der Waals surface area contributed by atoms with Crippen LogP contribution < -0.4 is 5.73 Å². The Kier molecular flexibility index (Phi) is 5.59. The third kappa shape index (κ3) is 3.81. The Balaban J connectivity index is 2.42. The fourth-order valence-electron chi connectivity index (χ4n) is 3.24. The summed E-state index contributed by atoms with van der Waals surface area (Å²) < 4.78 is 28.6. The molecule has 0 radical (unpaired) electrons. The average molecular weight is 382 g/mol. The highest BCUT2D eigenvalue weighted by atomic mass is 19.1. The number of halogens is 2. The Morgan fingerprint density at radius 3 is 2.36 bits per heavy atom. The van der Waals surface area contributed by atoms with Crippen LogP contribution in [0.2, 0.25) is 0 Å². The number of hydrogen-bond donors (Lipinski definition) is 3. The van der Waals surface area contributed by atoms with Gasteiger partial charge in [-0.15, -0.1) is 0 Å². The average Bonchev–Trinajstić information content (AvgIpc) is 2.69. The minimum Gasteiger partial charge on any atom is -0.508 e. The minimum atomic E-state index is -0.628. The molecule has 6 heteroatoms. The van der Waals surface area contributed by atoms with Crippen LogP contribution in [0.5, 0.6) is 5.75 Å². The molecular weight excluding hydrogens is 362 g/mol. The number of phenols is 1. The Labute approximate surface area is 161 Å². The van der Waals surface area contributed by atoms with Gasteiger partial charge in [0.15, 0.2) is 5.84 Å². The van der Waals surface area contributed by atoms with E-state index in [2.05, 4.69) is 5.16 Å². The van der Waals surface area contributed by atoms with Crippen LogP contribution in [0.25, 0.3) is 22.3 Å². The Morgan fingerprint density at radius 1 is 1.00 bits per heavy atom. The number of rotatable bonds is 5. The molecule has 0 unspecified atom stereocenters. The van der Waals surface area contributed by atoms with Gasteiger partial charge in [0.1, 0.15) is 17.4 Å². The van der Waals surface area contributed by atoms with Crippen LogP contribution in [0.15, 0.2) is 59.8 Å². The van der Waals surface area contributed by atoms with Gasteiger partial charge in [-0.05, 0) is 59.5 Å². The highest BCUT2D eigenvalue weighted by molar-refractivity contribution is 6.07. The van der Waals surface area contributed by atoms with Crippen molar-refractivity contribution < 1.29 is 19.1 Å². The summed E-state index contributed by atoms with van der Waals surface area (Å²) in [6, 6.07) is 13.1. The zero-order chi connectivity index (χ0) is 20.3. The van der Waals surface area contributed by atoms with Crippen LogP contribution in [0.3, 0.4) is 0 Å². The van der Waals surface area contributed by atoms with Crippen molar-refractivity contribution in [2.45, 2.75) is 19.8 Å². The van der Waals surface area contributed by atoms with Crippen LogP contribution >= 0.6 is 0 Å². The molecule has 0 saturated carbocycles. The first kappa shape index (κ1) is 19.4. The summed E-state index contributed by atoms with van der Waals surface area (Å²) in [7, 11) is 0. The van der Waals surface area contributed by atoms with Gasteiger partial charge in [0.2, 0.25) is 0 Å². The lowest BCUT2D eigenvalue weighted by molar-refractivity contribution is 0.318. The molecule has 0 heterocycles. The molecule has 28 heavy (non-hydrogen) atoms. The zero-order valence-electron chi connectivity index (χ0n) is 15.3. The van der Waals surface area contributed by atoms with Gasteiger partial charge in [-0.25, -0.2) is 8.78 Å². The second-order valence-electron chi connectivity index (χ2n) is 6.47. The van der Waals surface area contributed by atoms with Crippen LogP contribution in [0, 0.1) is 11.6 Å². The Bertz CT molecular complexity index is 1030. The van der Waals surface area contributed by atoms with E-state index in [1.54, 1.807) is 18.2 Å². The van der Waals surface area contributed by atoms with Crippen LogP contribution in [0.1, 0.15) is 24.5 Å². The molecule has 0 aliphatic carbocycles. The van der Waals surface area contributed by atoms with Gasteiger partial charge in [0.05, 0.1) is 0 Å². The molecule has 0 spiro atoms. The Hall–Kier alpha value is -3.41. The van der Waals surface area contributed by atoms with Crippen molar-refractivity contribution in [3.8, 4) is 28.0 Å². The van der Waals surface area contributed by atoms with E-state index in [4.69, 9.17) is 5.73 Å². The van der Waals surface area contributed by atoms with Gasteiger partial charge < -0.3 is 16.0 Å². The number of phenolic OH excluding ortho intramolecular Hbond substituents is 1. The van der Waals surface area contributed by atoms with Gasteiger partial charge in [0, 0.05) is 16.7 Å². The summed E-state index contributed by atoms with van der Waals surface area (Å²) >= 11 is 0. The molecule has 0 saturated heterocycles. The third-order valence-corrected chi connectivity index (χ3v) is 4.50. The van der Waals surface area contributed by atoms with Gasteiger partial charge in [-0.1, -0.05) is 36.7 Å². The summed E-state index contributed by atoms with van der Waals surface area (Å²) in [4.78, 5) is 0. The molecule has 4 N–H and O–H groups in total. The largest absolute Gasteiger partial charge is 0.508 e. The molecule has 0 aromatic heterocycles. The number of aryl methyl sites for hydroxylation is 1. The number of aromatic hydroxyl groups is 1. The summed E-state index contributed by atoms with van der Waals surface area (Å²) in [6.07, 6.45) is 1.58. The lowest BCUT2D eigenvalue weighted by atomic mass is 9.87. The number of nitrogens with two attached hydrogens (primary N) is 1. The van der Waals surface area contributed by atoms with E-state index >= 15 is 0 Å². The first-order valence-corrected chi connectivity index (χ1v) is 8.84. The summed E-state index contributed by atoms with van der Waals surface area (Å²) in [5, 5.41) is 22.0. The molecule has 3 aromatic carbocycles. The fourth-order valence-corrected chi connectivity index (χ4v) is 3.24. The topological polar surface area (TPSA) is 78.8 Å². The SMILES string of the molecule is CCCc1cc(/C(N)=N/O)c(-c2cc(F)ccc2F)c(-c2ccc(O)cc2)c1. The quantitative estimate of drug-likeness (QED) is 0.250. The number of hydrogen-bond acceptors (Lipinski definition) is 3. The monoisotopic (exact) mass is 382 g/mol. The molecule has 0 fully saturated rings. The van der Waals surface area contributed by atoms with E-state index in [0.717, 1.165) is 36.6 Å². The van der Waals surface area contributed by atoms with Crippen molar-refractivity contribution >= 4 is 5.84 Å². The summed E-state index contributed by atoms with van der Waals surface area (Å²) in [5.41, 5.74) is 8.72. The second kappa shape index (κ2) is 8.08. The van der Waals surface area contributed by atoms with Crippen molar-refractivity contribution in [1.82, 2.24) is 0 Å². The van der Waals surface area contributed by atoms with E-state index in [-0.39, 0.29) is 17.1 Å². The minimum absolute atomic E-state index is 0.00715. The normalized spacial score (nSPS) is 11.6. The fraction of sp³-hybridized carbons (Fsp3) is 0.136. The van der Waals surface area contributed by atoms with Crippen molar-refractivity contribution in [2.75, 3.05) is 0 Å². The molecule has 3 rings (SSSR count). The number of oxime groups is 1. The first-order valence-electron chi connectivity index (χ1n) is 8.84. The second-order valence-corrected chi connectivity index (χ2v) is 6.47. The maximum atomic E-state index is 14.7. The van der Waals surface area contributed by atoms with E-state index < -0.39 is 11.6 Å². The predicted octanol–water partition coefficient (Wildman–Crippen LogP) is 5.05. The van der Waals surface area contributed by atoms with Crippen LogP contribution in [0.4, 0.5) is 8.78 Å². The van der Waals surface area contributed by atoms with Crippen molar-refractivity contribution in [2.24, 2.45) is 10.9 Å². The van der Waals surface area contributed by atoms with Crippen LogP contribution in [-0.2, 0) is 6.42 Å². The molecule has 0 bridgehead atoms. The molecule has 144 valence electrons. The lowest BCUT2D eigenvalue weighted by Crippen LogP contribution is -2.16. The molecule has 0 amide bonds. The molecular formula is C22H20F2N2O2. The lowest BCUT2D eigenvalue weighted by Gasteiger charge is -2.18. The first-order chi connectivity index (χ1) is 13.4. The molecule has 3 aromatic rings. The highest BCUT2D eigenvalue weighted by Gasteiger charge is 2.20. The maximum absolute atomic E-state index is 14.7. The van der Waals surface area contributed by atoms with E-state index in [9.17, 15) is 19.1 Å². The number of nitrogens with zero attached hydrogens (tertiary/aromatic N) is 1. The molecule has 4 nitrogen and oxygen atoms in total. The maximum Gasteiger partial charge on any atom is 0.170 e. The smallest absolute Gasteiger partial charge is 0.170 e. The van der Waals surface area contributed by atoms with E-state index in [0.29, 0.717) is 22.3 Å². The van der Waals surface area contributed by atoms with E-state index in [1.165, 1.54) is 12.1 Å². The molecule has 0 atom stereocenters. The molecule has 0 aliphatic rings. The van der Waals surface area contributed by atoms with Gasteiger partial charge in [-0.3, -0.25) is 0 Å². The predicted molar refractivity (Wildman–Crippen MR) is 105 cm³/mol.